The molecule has 4 aliphatic rings. The second-order valence-electron chi connectivity index (χ2n) is 7.53. The van der Waals surface area contributed by atoms with Gasteiger partial charge in [-0.1, -0.05) is 0 Å². The summed E-state index contributed by atoms with van der Waals surface area (Å²) in [5, 5.41) is 24.6. The molecule has 0 aliphatic carbocycles. The number of imide groups is 4. The number of nitrogens with one attached hydrogen (secondary N) is 4. The topological polar surface area (TPSA) is 259 Å². The van der Waals surface area contributed by atoms with Gasteiger partial charge in [0.15, 0.2) is 0 Å². The highest BCUT2D eigenvalue weighted by Crippen LogP contribution is 1.98. The van der Waals surface area contributed by atoms with Crippen molar-refractivity contribution in [3.05, 3.63) is 0 Å². The van der Waals surface area contributed by atoms with E-state index >= 15 is 0 Å². The maximum absolute atomic E-state index is 10.1. The lowest BCUT2D eigenvalue weighted by molar-refractivity contribution is -0.139. The molecule has 0 radical (unpaired) electrons. The molecule has 0 aromatic heterocycles. The molecule has 4 rings (SSSR count). The van der Waals surface area contributed by atoms with Crippen LogP contribution in [-0.4, -0.2) is 69.4 Å². The first-order valence-electron chi connectivity index (χ1n) is 11.0. The van der Waals surface area contributed by atoms with Crippen molar-refractivity contribution < 1.29 is 58.2 Å². The van der Waals surface area contributed by atoms with Crippen LogP contribution in [0.25, 0.3) is 0 Å². The molecule has 4 heterocycles. The van der Waals surface area contributed by atoms with Crippen LogP contribution in [0.3, 0.4) is 0 Å². The van der Waals surface area contributed by atoms with E-state index < -0.39 is 11.9 Å². The first-order chi connectivity index (χ1) is 17.3. The number of hydrogen-bond donors (Lipinski definition) is 6. The molecule has 0 unspecified atom stereocenters. The molecule has 4 aliphatic heterocycles. The van der Waals surface area contributed by atoms with E-state index in [0.29, 0.717) is 51.4 Å². The molecule has 6 N–H and O–H groups in total. The lowest BCUT2D eigenvalue weighted by Gasteiger charge is -1.89. The van der Waals surface area contributed by atoms with Crippen LogP contribution < -0.4 is 21.3 Å². The second-order valence-corrected chi connectivity index (χ2v) is 7.53. The number of carboxylic acids is 2. The van der Waals surface area contributed by atoms with Gasteiger partial charge in [-0.2, -0.15) is 0 Å². The third-order valence-corrected chi connectivity index (χ3v) is 4.21. The number of carbonyl (C=O) groups excluding carboxylic acids is 8. The van der Waals surface area contributed by atoms with Crippen LogP contribution in [0.15, 0.2) is 0 Å². The molecule has 0 bridgehead atoms. The molecule has 0 saturated carbocycles. The standard InChI is InChI=1S/C5H8O4.4C4H5NO2/c6-4(7)2-1-3-5(8)9;4*6-3-1-2-4(7)5-3/h1-3H2,(H,6,7)(H,8,9);4*1-2H2,(H,5,6,7). The number of carbonyl (C=O) groups is 10. The zero-order chi connectivity index (χ0) is 28.4. The van der Waals surface area contributed by atoms with Gasteiger partial charge in [0.05, 0.1) is 0 Å². The molecular formula is C21H28N4O12. The second kappa shape index (κ2) is 17.9. The van der Waals surface area contributed by atoms with E-state index in [0.717, 1.165) is 0 Å². The Kier molecular flexibility index (Phi) is 15.7. The lowest BCUT2D eigenvalue weighted by atomic mass is 10.2. The highest BCUT2D eigenvalue weighted by molar-refractivity contribution is 6.03. The van der Waals surface area contributed by atoms with E-state index in [-0.39, 0.29) is 66.5 Å². The quantitative estimate of drug-likeness (QED) is 0.217. The highest BCUT2D eigenvalue weighted by Gasteiger charge is 2.17. The van der Waals surface area contributed by atoms with Gasteiger partial charge in [0.1, 0.15) is 0 Å². The molecule has 37 heavy (non-hydrogen) atoms. The number of amides is 8. The van der Waals surface area contributed by atoms with Crippen LogP contribution >= 0.6 is 0 Å². The minimum absolute atomic E-state index is 0.0632. The van der Waals surface area contributed by atoms with Crippen molar-refractivity contribution in [2.45, 2.75) is 70.6 Å². The first-order valence-corrected chi connectivity index (χ1v) is 11.0. The molecule has 4 saturated heterocycles. The van der Waals surface area contributed by atoms with Gasteiger partial charge in [0.25, 0.3) is 0 Å². The van der Waals surface area contributed by atoms with E-state index in [1.54, 1.807) is 0 Å². The van der Waals surface area contributed by atoms with E-state index in [2.05, 4.69) is 21.3 Å². The van der Waals surface area contributed by atoms with Crippen LogP contribution in [-0.2, 0) is 47.9 Å². The summed E-state index contributed by atoms with van der Waals surface area (Å²) in [7, 11) is 0. The van der Waals surface area contributed by atoms with Gasteiger partial charge < -0.3 is 10.2 Å². The normalized spacial score (nSPS) is 17.3. The molecule has 4 fully saturated rings. The number of carboxylic acid groups (broad SMARTS) is 2. The Bertz CT molecular complexity index is 754. The summed E-state index contributed by atoms with van der Waals surface area (Å²) in [6, 6.07) is 0. The summed E-state index contributed by atoms with van der Waals surface area (Å²) in [6.07, 6.45) is 3.08. The molecule has 16 heteroatoms. The maximum Gasteiger partial charge on any atom is 0.303 e. The Labute approximate surface area is 209 Å². The molecular weight excluding hydrogens is 500 g/mol. The average Bonchev–Trinajstić information content (AvgIpc) is 3.56. The van der Waals surface area contributed by atoms with Crippen molar-refractivity contribution in [1.29, 1.82) is 0 Å². The summed E-state index contributed by atoms with van der Waals surface area (Å²) in [6.45, 7) is 0. The molecule has 204 valence electrons. The van der Waals surface area contributed by atoms with Crippen LogP contribution in [0.1, 0.15) is 70.6 Å². The Morgan fingerprint density at radius 2 is 0.595 bits per heavy atom. The van der Waals surface area contributed by atoms with Gasteiger partial charge in [-0.15, -0.1) is 0 Å². The van der Waals surface area contributed by atoms with Crippen molar-refractivity contribution in [3.63, 3.8) is 0 Å². The van der Waals surface area contributed by atoms with Crippen molar-refractivity contribution in [2.75, 3.05) is 0 Å². The van der Waals surface area contributed by atoms with Crippen molar-refractivity contribution in [3.8, 4) is 0 Å². The predicted molar refractivity (Wildman–Crippen MR) is 119 cm³/mol. The van der Waals surface area contributed by atoms with Gasteiger partial charge in [0, 0.05) is 64.2 Å². The summed E-state index contributed by atoms with van der Waals surface area (Å²) in [4.78, 5) is 101. The molecule has 0 aromatic carbocycles. The summed E-state index contributed by atoms with van der Waals surface area (Å²) in [5.74, 6) is -3.08. The van der Waals surface area contributed by atoms with Gasteiger partial charge in [-0.25, -0.2) is 0 Å². The summed E-state index contributed by atoms with van der Waals surface area (Å²) in [5.41, 5.74) is 0. The van der Waals surface area contributed by atoms with Crippen molar-refractivity contribution in [1.82, 2.24) is 21.3 Å². The van der Waals surface area contributed by atoms with E-state index in [4.69, 9.17) is 10.2 Å². The minimum Gasteiger partial charge on any atom is -0.481 e. The summed E-state index contributed by atoms with van der Waals surface area (Å²) >= 11 is 0. The Morgan fingerprint density at radius 3 is 0.676 bits per heavy atom. The van der Waals surface area contributed by atoms with Crippen molar-refractivity contribution >= 4 is 59.2 Å². The van der Waals surface area contributed by atoms with Crippen molar-refractivity contribution in [2.24, 2.45) is 0 Å². The zero-order valence-corrected chi connectivity index (χ0v) is 19.8. The Morgan fingerprint density at radius 1 is 0.432 bits per heavy atom. The molecule has 16 nitrogen and oxygen atoms in total. The van der Waals surface area contributed by atoms with Crippen LogP contribution in [0.2, 0.25) is 0 Å². The summed E-state index contributed by atoms with van der Waals surface area (Å²) < 4.78 is 0. The minimum atomic E-state index is -0.948. The zero-order valence-electron chi connectivity index (χ0n) is 19.8. The fourth-order valence-electron chi connectivity index (χ4n) is 2.42. The number of aliphatic carboxylic acids is 2. The largest absolute Gasteiger partial charge is 0.481 e. The molecule has 0 aromatic rings. The molecule has 8 amide bonds. The van der Waals surface area contributed by atoms with Gasteiger partial charge in [0.2, 0.25) is 47.3 Å². The lowest BCUT2D eigenvalue weighted by Crippen LogP contribution is -2.18. The third kappa shape index (κ3) is 19.5. The van der Waals surface area contributed by atoms with E-state index in [9.17, 15) is 47.9 Å². The predicted octanol–water partition coefficient (Wildman–Crippen LogP) is -1.98. The fourth-order valence-corrected chi connectivity index (χ4v) is 2.42. The van der Waals surface area contributed by atoms with Crippen LogP contribution in [0, 0.1) is 0 Å². The van der Waals surface area contributed by atoms with Gasteiger partial charge in [-0.3, -0.25) is 69.2 Å². The smallest absolute Gasteiger partial charge is 0.303 e. The Balaban J connectivity index is 0.000000439. The number of hydrogen-bond acceptors (Lipinski definition) is 10. The third-order valence-electron chi connectivity index (χ3n) is 4.21. The van der Waals surface area contributed by atoms with E-state index in [1.165, 1.54) is 0 Å². The van der Waals surface area contributed by atoms with E-state index in [1.807, 2.05) is 0 Å². The molecule has 0 spiro atoms. The fraction of sp³-hybridized carbons (Fsp3) is 0.524. The monoisotopic (exact) mass is 528 g/mol. The maximum atomic E-state index is 10.1. The van der Waals surface area contributed by atoms with Crippen LogP contribution in [0.4, 0.5) is 0 Å². The average molecular weight is 528 g/mol. The highest BCUT2D eigenvalue weighted by atomic mass is 16.4. The molecule has 0 atom stereocenters. The van der Waals surface area contributed by atoms with Gasteiger partial charge >= 0.3 is 11.9 Å². The van der Waals surface area contributed by atoms with Gasteiger partial charge in [-0.05, 0) is 6.42 Å². The first kappa shape index (κ1) is 32.5. The number of rotatable bonds is 4. The van der Waals surface area contributed by atoms with Crippen LogP contribution in [0.5, 0.6) is 0 Å². The SMILES string of the molecule is O=C(O)CCCC(=O)O.O=C1CCC(=O)N1.O=C1CCC(=O)N1.O=C1CCC(=O)N1.O=C1CCC(=O)N1. The Hall–Kier alpha value is -4.50.